The normalized spacial score (nSPS) is 29.7. The Morgan fingerprint density at radius 1 is 1.14 bits per heavy atom. The number of ether oxygens (including phenoxy) is 1. The monoisotopic (exact) mass is 397 g/mol. The second-order valence-electron chi connectivity index (χ2n) is 8.51. The van der Waals surface area contributed by atoms with Crippen molar-refractivity contribution in [3.63, 3.8) is 0 Å². The Morgan fingerprint density at radius 3 is 2.71 bits per heavy atom. The van der Waals surface area contributed by atoms with E-state index >= 15 is 0 Å². The Kier molecular flexibility index (Phi) is 5.75. The number of hydrogen-bond donors (Lipinski definition) is 1. The molecule has 1 saturated heterocycles. The van der Waals surface area contributed by atoms with Crippen molar-refractivity contribution in [3.05, 3.63) is 70.7 Å². The highest BCUT2D eigenvalue weighted by Crippen LogP contribution is 2.41. The molecule has 2 aromatic carbocycles. The standard InChI is InChI=1S/C24H28ClNO2/c1-24(15-17-8-7-11-19(25)14-17)16-21(20-12-5-6-13-22(20)28-24)26-23(27)18-9-3-2-4-10-18/h2-4,7-11,14,20-22H,5-6,12-13,15-16H2,1H3,(H,26,27)/t20-,21+,22+,24-/m0/s1. The smallest absolute Gasteiger partial charge is 0.251 e. The average molecular weight is 398 g/mol. The van der Waals surface area contributed by atoms with E-state index in [1.807, 2.05) is 48.5 Å². The number of nitrogens with one attached hydrogen (secondary N) is 1. The fraction of sp³-hybridized carbons (Fsp3) is 0.458. The van der Waals surface area contributed by atoms with Crippen molar-refractivity contribution in [2.24, 2.45) is 5.92 Å². The Balaban J connectivity index is 1.54. The molecule has 1 amide bonds. The zero-order chi connectivity index (χ0) is 19.6. The first-order chi connectivity index (χ1) is 13.5. The van der Waals surface area contributed by atoms with Crippen LogP contribution in [0.3, 0.4) is 0 Å². The van der Waals surface area contributed by atoms with E-state index in [0.29, 0.717) is 5.92 Å². The summed E-state index contributed by atoms with van der Waals surface area (Å²) in [7, 11) is 0. The lowest BCUT2D eigenvalue weighted by Crippen LogP contribution is -2.57. The molecule has 4 atom stereocenters. The lowest BCUT2D eigenvalue weighted by Gasteiger charge is -2.49. The third-order valence-electron chi connectivity index (χ3n) is 6.18. The van der Waals surface area contributed by atoms with Crippen LogP contribution in [0, 0.1) is 5.92 Å². The molecule has 28 heavy (non-hydrogen) atoms. The molecular weight excluding hydrogens is 370 g/mol. The van der Waals surface area contributed by atoms with Crippen LogP contribution in [-0.4, -0.2) is 23.7 Å². The first kappa shape index (κ1) is 19.5. The summed E-state index contributed by atoms with van der Waals surface area (Å²) in [4.78, 5) is 12.8. The SMILES string of the molecule is C[C@]1(Cc2cccc(Cl)c2)C[C@@H](NC(=O)c2ccccc2)[C@@H]2CCCC[C@H]2O1. The van der Waals surface area contributed by atoms with E-state index in [4.69, 9.17) is 16.3 Å². The second kappa shape index (κ2) is 8.26. The minimum atomic E-state index is -0.308. The molecule has 4 rings (SSSR count). The van der Waals surface area contributed by atoms with Crippen molar-refractivity contribution in [2.75, 3.05) is 0 Å². The van der Waals surface area contributed by atoms with Crippen molar-refractivity contribution in [1.29, 1.82) is 0 Å². The third-order valence-corrected chi connectivity index (χ3v) is 6.41. The summed E-state index contributed by atoms with van der Waals surface area (Å²) in [5.41, 5.74) is 1.59. The van der Waals surface area contributed by atoms with E-state index in [1.165, 1.54) is 18.4 Å². The maximum atomic E-state index is 12.8. The van der Waals surface area contributed by atoms with Crippen molar-refractivity contribution in [3.8, 4) is 0 Å². The molecule has 1 N–H and O–H groups in total. The molecule has 0 aromatic heterocycles. The maximum Gasteiger partial charge on any atom is 0.251 e. The van der Waals surface area contributed by atoms with E-state index in [0.717, 1.165) is 36.3 Å². The van der Waals surface area contributed by atoms with E-state index in [9.17, 15) is 4.79 Å². The molecule has 3 nitrogen and oxygen atoms in total. The lowest BCUT2D eigenvalue weighted by atomic mass is 9.73. The van der Waals surface area contributed by atoms with Crippen molar-refractivity contribution < 1.29 is 9.53 Å². The number of benzene rings is 2. The Morgan fingerprint density at radius 2 is 1.93 bits per heavy atom. The van der Waals surface area contributed by atoms with Gasteiger partial charge in [0.25, 0.3) is 5.91 Å². The molecular formula is C24H28ClNO2. The average Bonchev–Trinajstić information content (AvgIpc) is 2.68. The number of carbonyl (C=O) groups is 1. The second-order valence-corrected chi connectivity index (χ2v) is 8.95. The first-order valence-corrected chi connectivity index (χ1v) is 10.7. The summed E-state index contributed by atoms with van der Waals surface area (Å²) < 4.78 is 6.64. The zero-order valence-electron chi connectivity index (χ0n) is 16.4. The molecule has 4 heteroatoms. The minimum absolute atomic E-state index is 0.0157. The Bertz CT molecular complexity index is 824. The fourth-order valence-corrected chi connectivity index (χ4v) is 5.17. The summed E-state index contributed by atoms with van der Waals surface area (Å²) in [5, 5.41) is 4.09. The van der Waals surface area contributed by atoms with Gasteiger partial charge in [-0.3, -0.25) is 4.79 Å². The molecule has 2 aliphatic rings. The van der Waals surface area contributed by atoms with Crippen LogP contribution in [0.1, 0.15) is 54.9 Å². The molecule has 0 radical (unpaired) electrons. The zero-order valence-corrected chi connectivity index (χ0v) is 17.1. The molecule has 0 unspecified atom stereocenters. The van der Waals surface area contributed by atoms with E-state index in [1.54, 1.807) is 0 Å². The third kappa shape index (κ3) is 4.42. The molecule has 2 aromatic rings. The van der Waals surface area contributed by atoms with Gasteiger partial charge in [0.15, 0.2) is 0 Å². The van der Waals surface area contributed by atoms with Crippen LogP contribution in [0.4, 0.5) is 0 Å². The van der Waals surface area contributed by atoms with Crippen LogP contribution in [0.2, 0.25) is 5.02 Å². The maximum absolute atomic E-state index is 12.8. The van der Waals surface area contributed by atoms with Crippen molar-refractivity contribution in [1.82, 2.24) is 5.32 Å². The summed E-state index contributed by atoms with van der Waals surface area (Å²) in [6.07, 6.45) is 6.45. The van der Waals surface area contributed by atoms with E-state index in [2.05, 4.69) is 18.3 Å². The minimum Gasteiger partial charge on any atom is -0.371 e. The predicted molar refractivity (Wildman–Crippen MR) is 113 cm³/mol. The van der Waals surface area contributed by atoms with Gasteiger partial charge in [-0.1, -0.05) is 54.8 Å². The summed E-state index contributed by atoms with van der Waals surface area (Å²) in [5.74, 6) is 0.413. The van der Waals surface area contributed by atoms with Gasteiger partial charge in [-0.15, -0.1) is 0 Å². The van der Waals surface area contributed by atoms with E-state index < -0.39 is 0 Å². The number of fused-ring (bicyclic) bond motifs is 1. The summed E-state index contributed by atoms with van der Waals surface area (Å²) >= 11 is 6.19. The van der Waals surface area contributed by atoms with Crippen LogP contribution in [0.15, 0.2) is 54.6 Å². The molecule has 1 heterocycles. The Hall–Kier alpha value is -1.84. The predicted octanol–water partition coefficient (Wildman–Crippen LogP) is 5.42. The van der Waals surface area contributed by atoms with Gasteiger partial charge in [0, 0.05) is 29.0 Å². The molecule has 0 bridgehead atoms. The highest BCUT2D eigenvalue weighted by atomic mass is 35.5. The largest absolute Gasteiger partial charge is 0.371 e. The van der Waals surface area contributed by atoms with Gasteiger partial charge in [0.2, 0.25) is 0 Å². The van der Waals surface area contributed by atoms with Crippen molar-refractivity contribution >= 4 is 17.5 Å². The van der Waals surface area contributed by atoms with Crippen LogP contribution in [-0.2, 0) is 11.2 Å². The molecule has 148 valence electrons. The number of halogens is 1. The summed E-state index contributed by atoms with van der Waals surface area (Å²) in [6.45, 7) is 2.18. The molecule has 1 aliphatic carbocycles. The van der Waals surface area contributed by atoms with Crippen molar-refractivity contribution in [2.45, 2.75) is 63.2 Å². The number of amides is 1. The van der Waals surface area contributed by atoms with Gasteiger partial charge in [-0.05, 0) is 56.0 Å². The number of carbonyl (C=O) groups excluding carboxylic acids is 1. The first-order valence-electron chi connectivity index (χ1n) is 10.3. The van der Waals surface area contributed by atoms with Gasteiger partial charge in [0.05, 0.1) is 11.7 Å². The van der Waals surface area contributed by atoms with Crippen LogP contribution < -0.4 is 5.32 Å². The molecule has 1 aliphatic heterocycles. The Labute approximate surface area is 172 Å². The number of rotatable bonds is 4. The van der Waals surface area contributed by atoms with Crippen LogP contribution in [0.5, 0.6) is 0 Å². The lowest BCUT2D eigenvalue weighted by molar-refractivity contribution is -0.164. The topological polar surface area (TPSA) is 38.3 Å². The molecule has 2 fully saturated rings. The van der Waals surface area contributed by atoms with Gasteiger partial charge >= 0.3 is 0 Å². The summed E-state index contributed by atoms with van der Waals surface area (Å²) in [6, 6.07) is 17.6. The van der Waals surface area contributed by atoms with Gasteiger partial charge in [0.1, 0.15) is 0 Å². The quantitative estimate of drug-likeness (QED) is 0.748. The highest BCUT2D eigenvalue weighted by molar-refractivity contribution is 6.30. The van der Waals surface area contributed by atoms with Gasteiger partial charge < -0.3 is 10.1 Å². The van der Waals surface area contributed by atoms with Crippen LogP contribution >= 0.6 is 11.6 Å². The van der Waals surface area contributed by atoms with Crippen LogP contribution in [0.25, 0.3) is 0 Å². The highest BCUT2D eigenvalue weighted by Gasteiger charge is 2.45. The van der Waals surface area contributed by atoms with Gasteiger partial charge in [-0.2, -0.15) is 0 Å². The fourth-order valence-electron chi connectivity index (χ4n) is 4.95. The molecule has 1 saturated carbocycles. The molecule has 0 spiro atoms. The van der Waals surface area contributed by atoms with Gasteiger partial charge in [-0.25, -0.2) is 0 Å². The number of hydrogen-bond acceptors (Lipinski definition) is 2. The van der Waals surface area contributed by atoms with E-state index in [-0.39, 0.29) is 23.7 Å².